The molecule has 0 radical (unpaired) electrons. The number of benzene rings is 2. The van der Waals surface area contributed by atoms with E-state index in [-0.39, 0.29) is 5.69 Å². The Labute approximate surface area is 156 Å². The molecule has 3 rings (SSSR count). The standard InChI is InChI=1S/C18H16N4O4S/c1-27(25,26)21-16-6-2-4-13(8-16)14-9-17(12-19-11-14)20-15-5-3-7-18(10-15)22(23)24/h2-12,20-21H,1H3. The molecule has 8 nitrogen and oxygen atoms in total. The van der Waals surface area contributed by atoms with Crippen LogP contribution in [0, 0.1) is 10.1 Å². The van der Waals surface area contributed by atoms with E-state index in [1.54, 1.807) is 42.7 Å². The molecule has 9 heteroatoms. The Morgan fingerprint density at radius 1 is 0.926 bits per heavy atom. The Morgan fingerprint density at radius 2 is 1.63 bits per heavy atom. The van der Waals surface area contributed by atoms with Crippen LogP contribution in [0.15, 0.2) is 67.0 Å². The summed E-state index contributed by atoms with van der Waals surface area (Å²) in [4.78, 5) is 14.6. The zero-order valence-electron chi connectivity index (χ0n) is 14.3. The summed E-state index contributed by atoms with van der Waals surface area (Å²) in [6, 6.07) is 14.9. The van der Waals surface area contributed by atoms with Crippen LogP contribution >= 0.6 is 0 Å². The second kappa shape index (κ2) is 7.42. The first-order valence-electron chi connectivity index (χ1n) is 7.85. The molecule has 27 heavy (non-hydrogen) atoms. The third-order valence-electron chi connectivity index (χ3n) is 3.58. The molecule has 1 aromatic heterocycles. The van der Waals surface area contributed by atoms with Crippen molar-refractivity contribution in [3.63, 3.8) is 0 Å². The van der Waals surface area contributed by atoms with Gasteiger partial charge >= 0.3 is 0 Å². The van der Waals surface area contributed by atoms with Crippen molar-refractivity contribution < 1.29 is 13.3 Å². The van der Waals surface area contributed by atoms with Gasteiger partial charge in [0.15, 0.2) is 0 Å². The number of hydrogen-bond donors (Lipinski definition) is 2. The van der Waals surface area contributed by atoms with Crippen molar-refractivity contribution in [1.29, 1.82) is 0 Å². The number of rotatable bonds is 6. The molecule has 0 atom stereocenters. The van der Waals surface area contributed by atoms with Gasteiger partial charge in [-0.2, -0.15) is 0 Å². The van der Waals surface area contributed by atoms with Gasteiger partial charge in [0.2, 0.25) is 10.0 Å². The highest BCUT2D eigenvalue weighted by molar-refractivity contribution is 7.92. The summed E-state index contributed by atoms with van der Waals surface area (Å²) in [6.45, 7) is 0. The average molecular weight is 384 g/mol. The number of sulfonamides is 1. The van der Waals surface area contributed by atoms with E-state index in [2.05, 4.69) is 15.0 Å². The lowest BCUT2D eigenvalue weighted by molar-refractivity contribution is -0.384. The molecule has 0 fully saturated rings. The van der Waals surface area contributed by atoms with E-state index >= 15 is 0 Å². The van der Waals surface area contributed by atoms with Crippen molar-refractivity contribution in [2.75, 3.05) is 16.3 Å². The molecule has 2 aromatic carbocycles. The third-order valence-corrected chi connectivity index (χ3v) is 4.19. The van der Waals surface area contributed by atoms with E-state index < -0.39 is 14.9 Å². The minimum absolute atomic E-state index is 0.0105. The summed E-state index contributed by atoms with van der Waals surface area (Å²) in [5, 5.41) is 14.0. The van der Waals surface area contributed by atoms with Crippen LogP contribution in [0.4, 0.5) is 22.7 Å². The number of anilines is 3. The van der Waals surface area contributed by atoms with Crippen LogP contribution in [0.5, 0.6) is 0 Å². The predicted molar refractivity (Wildman–Crippen MR) is 105 cm³/mol. The topological polar surface area (TPSA) is 114 Å². The van der Waals surface area contributed by atoms with Gasteiger partial charge in [-0.3, -0.25) is 19.8 Å². The first-order valence-corrected chi connectivity index (χ1v) is 9.74. The summed E-state index contributed by atoms with van der Waals surface area (Å²) in [6.07, 6.45) is 4.34. The fraction of sp³-hybridized carbons (Fsp3) is 0.0556. The molecule has 0 amide bonds. The molecule has 2 N–H and O–H groups in total. The lowest BCUT2D eigenvalue weighted by Crippen LogP contribution is -2.09. The summed E-state index contributed by atoms with van der Waals surface area (Å²) in [5.41, 5.74) is 3.20. The van der Waals surface area contributed by atoms with Crippen LogP contribution in [0.1, 0.15) is 0 Å². The maximum atomic E-state index is 11.4. The number of nitro benzene ring substituents is 1. The van der Waals surface area contributed by atoms with Crippen LogP contribution in [0.25, 0.3) is 11.1 Å². The van der Waals surface area contributed by atoms with E-state index in [0.717, 1.165) is 17.4 Å². The van der Waals surface area contributed by atoms with Crippen LogP contribution in [-0.4, -0.2) is 24.6 Å². The van der Waals surface area contributed by atoms with E-state index in [4.69, 9.17) is 0 Å². The van der Waals surface area contributed by atoms with Gasteiger partial charge in [0.25, 0.3) is 5.69 Å². The molecule has 0 saturated heterocycles. The third kappa shape index (κ3) is 5.02. The van der Waals surface area contributed by atoms with Gasteiger partial charge in [-0.1, -0.05) is 18.2 Å². The van der Waals surface area contributed by atoms with Crippen molar-refractivity contribution >= 4 is 32.8 Å². The molecule has 0 spiro atoms. The van der Waals surface area contributed by atoms with Gasteiger partial charge in [-0.15, -0.1) is 0 Å². The second-order valence-electron chi connectivity index (χ2n) is 5.85. The molecular weight excluding hydrogens is 368 g/mol. The SMILES string of the molecule is CS(=O)(=O)Nc1cccc(-c2cncc(Nc3cccc([N+](=O)[O-])c3)c2)c1. The zero-order valence-corrected chi connectivity index (χ0v) is 15.1. The Kier molecular flexibility index (Phi) is 5.04. The maximum absolute atomic E-state index is 11.4. The largest absolute Gasteiger partial charge is 0.354 e. The van der Waals surface area contributed by atoms with Crippen LogP contribution in [-0.2, 0) is 10.0 Å². The maximum Gasteiger partial charge on any atom is 0.271 e. The number of nitro groups is 1. The van der Waals surface area contributed by atoms with E-state index in [0.29, 0.717) is 17.1 Å². The summed E-state index contributed by atoms with van der Waals surface area (Å²) >= 11 is 0. The quantitative estimate of drug-likeness (QED) is 0.494. The van der Waals surface area contributed by atoms with Gasteiger partial charge in [-0.05, 0) is 29.8 Å². The molecule has 138 valence electrons. The van der Waals surface area contributed by atoms with Crippen molar-refractivity contribution in [2.45, 2.75) is 0 Å². The Bertz CT molecular complexity index is 1100. The molecule has 0 aliphatic carbocycles. The molecule has 0 aliphatic rings. The Morgan fingerprint density at radius 3 is 2.37 bits per heavy atom. The normalized spacial score (nSPS) is 11.0. The van der Waals surface area contributed by atoms with Crippen molar-refractivity contribution in [2.24, 2.45) is 0 Å². The zero-order chi connectivity index (χ0) is 19.4. The average Bonchev–Trinajstić information content (AvgIpc) is 2.61. The van der Waals surface area contributed by atoms with Gasteiger partial charge in [0.05, 0.1) is 23.1 Å². The van der Waals surface area contributed by atoms with Gasteiger partial charge in [0, 0.05) is 35.3 Å². The minimum Gasteiger partial charge on any atom is -0.354 e. The van der Waals surface area contributed by atoms with Crippen LogP contribution in [0.2, 0.25) is 0 Å². The van der Waals surface area contributed by atoms with Crippen molar-refractivity contribution in [1.82, 2.24) is 4.98 Å². The van der Waals surface area contributed by atoms with E-state index in [1.165, 1.54) is 12.1 Å². The monoisotopic (exact) mass is 384 g/mol. The second-order valence-corrected chi connectivity index (χ2v) is 7.60. The summed E-state index contributed by atoms with van der Waals surface area (Å²) in [5.74, 6) is 0. The van der Waals surface area contributed by atoms with Crippen molar-refractivity contribution in [3.8, 4) is 11.1 Å². The molecular formula is C18H16N4O4S. The van der Waals surface area contributed by atoms with Gasteiger partial charge in [-0.25, -0.2) is 8.42 Å². The van der Waals surface area contributed by atoms with Gasteiger partial charge < -0.3 is 5.32 Å². The summed E-state index contributed by atoms with van der Waals surface area (Å²) in [7, 11) is -3.37. The van der Waals surface area contributed by atoms with Crippen molar-refractivity contribution in [3.05, 3.63) is 77.1 Å². The van der Waals surface area contributed by atoms with Gasteiger partial charge in [0.1, 0.15) is 0 Å². The highest BCUT2D eigenvalue weighted by Crippen LogP contribution is 2.27. The fourth-order valence-electron chi connectivity index (χ4n) is 2.51. The lowest BCUT2D eigenvalue weighted by Gasteiger charge is -2.10. The molecule has 0 bridgehead atoms. The number of nitrogens with zero attached hydrogens (tertiary/aromatic N) is 2. The van der Waals surface area contributed by atoms with E-state index in [1.807, 2.05) is 12.1 Å². The van der Waals surface area contributed by atoms with E-state index in [9.17, 15) is 18.5 Å². The highest BCUT2D eigenvalue weighted by Gasteiger charge is 2.08. The Hall–Kier alpha value is -3.46. The van der Waals surface area contributed by atoms with Crippen LogP contribution < -0.4 is 10.0 Å². The first-order chi connectivity index (χ1) is 12.8. The first kappa shape index (κ1) is 18.3. The summed E-state index contributed by atoms with van der Waals surface area (Å²) < 4.78 is 25.2. The smallest absolute Gasteiger partial charge is 0.271 e. The molecule has 0 aliphatic heterocycles. The molecule has 3 aromatic rings. The predicted octanol–water partition coefficient (Wildman–Crippen LogP) is 3.77. The number of nitrogens with one attached hydrogen (secondary N) is 2. The number of pyridine rings is 1. The minimum atomic E-state index is -3.37. The molecule has 0 unspecified atom stereocenters. The van der Waals surface area contributed by atoms with Crippen LogP contribution in [0.3, 0.4) is 0 Å². The number of aromatic nitrogens is 1. The Balaban J connectivity index is 1.87. The highest BCUT2D eigenvalue weighted by atomic mass is 32.2. The molecule has 1 heterocycles. The molecule has 0 saturated carbocycles. The number of hydrogen-bond acceptors (Lipinski definition) is 6. The fourth-order valence-corrected chi connectivity index (χ4v) is 3.06. The number of non-ortho nitro benzene ring substituents is 1. The lowest BCUT2D eigenvalue weighted by atomic mass is 10.1.